The maximum Gasteiger partial charge on any atom is 0.175 e. The van der Waals surface area contributed by atoms with Crippen LogP contribution in [0.2, 0.25) is 0 Å². The summed E-state index contributed by atoms with van der Waals surface area (Å²) in [7, 11) is -3.24. The zero-order valence-electron chi connectivity index (χ0n) is 19.4. The summed E-state index contributed by atoms with van der Waals surface area (Å²) in [6, 6.07) is 19.6. The van der Waals surface area contributed by atoms with Gasteiger partial charge in [0, 0.05) is 36.7 Å². The summed E-state index contributed by atoms with van der Waals surface area (Å²) in [6.07, 6.45) is 6.80. The van der Waals surface area contributed by atoms with Crippen molar-refractivity contribution in [3.8, 4) is 32.3 Å². The van der Waals surface area contributed by atoms with E-state index < -0.39 is 9.84 Å². The number of aromatic nitrogens is 2. The lowest BCUT2D eigenvalue weighted by molar-refractivity contribution is 0.573. The first kappa shape index (κ1) is 22.7. The first-order valence-corrected chi connectivity index (χ1v) is 14.2. The average molecular weight is 490 g/mol. The molecule has 0 bridgehead atoms. The van der Waals surface area contributed by atoms with Crippen molar-refractivity contribution >= 4 is 27.0 Å². The minimum atomic E-state index is -3.24. The average Bonchev–Trinajstić information content (AvgIpc) is 3.30. The van der Waals surface area contributed by atoms with Crippen LogP contribution in [0, 0.1) is 6.92 Å². The molecule has 0 radical (unpaired) electrons. The lowest BCUT2D eigenvalue weighted by Gasteiger charge is -2.27. The van der Waals surface area contributed by atoms with Crippen LogP contribution in [-0.4, -0.2) is 37.7 Å². The molecule has 5 rings (SSSR count). The molecule has 0 atom stereocenters. The van der Waals surface area contributed by atoms with Crippen molar-refractivity contribution in [2.75, 3.05) is 24.2 Å². The van der Waals surface area contributed by atoms with E-state index in [4.69, 9.17) is 4.98 Å². The largest absolute Gasteiger partial charge is 0.357 e. The Labute approximate surface area is 205 Å². The zero-order valence-corrected chi connectivity index (χ0v) is 21.0. The van der Waals surface area contributed by atoms with Crippen molar-refractivity contribution < 1.29 is 8.42 Å². The summed E-state index contributed by atoms with van der Waals surface area (Å²) in [5, 5.41) is 0.864. The van der Waals surface area contributed by atoms with Gasteiger partial charge in [0.05, 0.1) is 15.5 Å². The monoisotopic (exact) mass is 489 g/mol. The van der Waals surface area contributed by atoms with Crippen molar-refractivity contribution in [1.82, 2.24) is 9.97 Å². The molecule has 4 aromatic rings. The fraction of sp³-hybridized carbons (Fsp3) is 0.259. The molecule has 3 heterocycles. The van der Waals surface area contributed by atoms with Crippen LogP contribution in [0.1, 0.15) is 24.8 Å². The summed E-state index contributed by atoms with van der Waals surface area (Å²) in [5.74, 6) is 1.01. The second kappa shape index (κ2) is 9.31. The molecule has 1 aliphatic rings. The van der Waals surface area contributed by atoms with Crippen LogP contribution in [0.4, 0.5) is 5.82 Å². The van der Waals surface area contributed by atoms with Crippen molar-refractivity contribution in [2.24, 2.45) is 0 Å². The SMILES string of the molecule is Cc1cccc(-c2nc(-c3ccc(S(C)(=O)=O)cc3)sc2-c2ccnc(N3CCCCC3)c2)c1. The van der Waals surface area contributed by atoms with Crippen LogP contribution < -0.4 is 4.90 Å². The smallest absolute Gasteiger partial charge is 0.175 e. The van der Waals surface area contributed by atoms with Gasteiger partial charge in [-0.1, -0.05) is 35.9 Å². The lowest BCUT2D eigenvalue weighted by Crippen LogP contribution is -2.30. The van der Waals surface area contributed by atoms with E-state index >= 15 is 0 Å². The van der Waals surface area contributed by atoms with Gasteiger partial charge in [0.1, 0.15) is 10.8 Å². The first-order valence-electron chi connectivity index (χ1n) is 11.5. The minimum absolute atomic E-state index is 0.312. The number of hydrogen-bond acceptors (Lipinski definition) is 6. The molecular formula is C27H27N3O2S2. The van der Waals surface area contributed by atoms with Gasteiger partial charge in [-0.15, -0.1) is 11.3 Å². The van der Waals surface area contributed by atoms with E-state index in [1.165, 1.54) is 31.1 Å². The number of benzene rings is 2. The van der Waals surface area contributed by atoms with Gasteiger partial charge in [0.15, 0.2) is 9.84 Å². The summed E-state index contributed by atoms with van der Waals surface area (Å²) < 4.78 is 23.8. The predicted molar refractivity (Wildman–Crippen MR) is 140 cm³/mol. The third-order valence-corrected chi connectivity index (χ3v) is 8.42. The number of anilines is 1. The molecule has 0 aliphatic carbocycles. The van der Waals surface area contributed by atoms with Crippen molar-refractivity contribution in [1.29, 1.82) is 0 Å². The Balaban J connectivity index is 1.61. The van der Waals surface area contributed by atoms with Crippen LogP contribution in [-0.2, 0) is 9.84 Å². The molecule has 1 saturated heterocycles. The highest BCUT2D eigenvalue weighted by atomic mass is 32.2. The van der Waals surface area contributed by atoms with Crippen LogP contribution in [0.5, 0.6) is 0 Å². The molecule has 7 heteroatoms. The number of rotatable bonds is 5. The molecule has 2 aromatic carbocycles. The second-order valence-electron chi connectivity index (χ2n) is 8.81. The van der Waals surface area contributed by atoms with E-state index in [0.29, 0.717) is 4.90 Å². The Bertz CT molecular complexity index is 1420. The van der Waals surface area contributed by atoms with Crippen LogP contribution in [0.25, 0.3) is 32.3 Å². The molecular weight excluding hydrogens is 462 g/mol. The predicted octanol–water partition coefficient (Wildman–Crippen LogP) is 6.24. The van der Waals surface area contributed by atoms with Crippen molar-refractivity contribution in [3.05, 3.63) is 72.4 Å². The van der Waals surface area contributed by atoms with Gasteiger partial charge in [-0.05, 0) is 62.1 Å². The number of nitrogens with zero attached hydrogens (tertiary/aromatic N) is 3. The lowest BCUT2D eigenvalue weighted by atomic mass is 10.0. The standard InChI is InChI=1S/C27H27N3O2S2/c1-19-7-6-8-21(17-19)25-26(22-13-14-28-24(18-22)30-15-4-3-5-16-30)33-27(29-25)20-9-11-23(12-10-20)34(2,31)32/h6-14,17-18H,3-5,15-16H2,1-2H3. The Morgan fingerprint density at radius 2 is 1.65 bits per heavy atom. The third kappa shape index (κ3) is 4.76. The Hall–Kier alpha value is -3.03. The topological polar surface area (TPSA) is 63.2 Å². The van der Waals surface area contributed by atoms with Crippen LogP contribution in [0.3, 0.4) is 0 Å². The van der Waals surface area contributed by atoms with E-state index in [1.807, 2.05) is 18.3 Å². The van der Waals surface area contributed by atoms with E-state index in [2.05, 4.69) is 53.2 Å². The molecule has 2 aromatic heterocycles. The molecule has 0 amide bonds. The summed E-state index contributed by atoms with van der Waals surface area (Å²) >= 11 is 1.63. The van der Waals surface area contributed by atoms with E-state index in [-0.39, 0.29) is 0 Å². The highest BCUT2D eigenvalue weighted by Crippen LogP contribution is 2.41. The van der Waals surface area contributed by atoms with Gasteiger partial charge in [0.2, 0.25) is 0 Å². The molecule has 174 valence electrons. The van der Waals surface area contributed by atoms with Gasteiger partial charge >= 0.3 is 0 Å². The van der Waals surface area contributed by atoms with Crippen LogP contribution in [0.15, 0.2) is 71.8 Å². The third-order valence-electron chi connectivity index (χ3n) is 6.14. The van der Waals surface area contributed by atoms with Crippen LogP contribution >= 0.6 is 11.3 Å². The number of piperidine rings is 1. The summed E-state index contributed by atoms with van der Waals surface area (Å²) in [5.41, 5.74) is 5.19. The van der Waals surface area contributed by atoms with Gasteiger partial charge in [0.25, 0.3) is 0 Å². The van der Waals surface area contributed by atoms with E-state index in [9.17, 15) is 8.42 Å². The molecule has 1 fully saturated rings. The Morgan fingerprint density at radius 3 is 2.35 bits per heavy atom. The highest BCUT2D eigenvalue weighted by Gasteiger charge is 2.19. The number of thiazole rings is 1. The Morgan fingerprint density at radius 1 is 0.882 bits per heavy atom. The summed E-state index contributed by atoms with van der Waals surface area (Å²) in [6.45, 7) is 4.17. The number of pyridine rings is 1. The molecule has 0 unspecified atom stereocenters. The highest BCUT2D eigenvalue weighted by molar-refractivity contribution is 7.90. The van der Waals surface area contributed by atoms with Crippen molar-refractivity contribution in [3.63, 3.8) is 0 Å². The fourth-order valence-electron chi connectivity index (χ4n) is 4.33. The number of hydrogen-bond donors (Lipinski definition) is 0. The van der Waals surface area contributed by atoms with Gasteiger partial charge in [-0.3, -0.25) is 0 Å². The quantitative estimate of drug-likeness (QED) is 0.332. The second-order valence-corrected chi connectivity index (χ2v) is 11.8. The zero-order chi connectivity index (χ0) is 23.7. The first-order chi connectivity index (χ1) is 16.4. The fourth-order valence-corrected chi connectivity index (χ4v) is 6.05. The molecule has 0 saturated carbocycles. The normalized spacial score (nSPS) is 14.4. The van der Waals surface area contributed by atoms with Gasteiger partial charge in [-0.25, -0.2) is 18.4 Å². The number of sulfone groups is 1. The molecule has 1 aliphatic heterocycles. The Kier molecular flexibility index (Phi) is 6.23. The molecule has 0 N–H and O–H groups in total. The maximum atomic E-state index is 11.9. The molecule has 34 heavy (non-hydrogen) atoms. The molecule has 0 spiro atoms. The van der Waals surface area contributed by atoms with Gasteiger partial charge in [-0.2, -0.15) is 0 Å². The minimum Gasteiger partial charge on any atom is -0.357 e. The molecule has 5 nitrogen and oxygen atoms in total. The maximum absolute atomic E-state index is 11.9. The van der Waals surface area contributed by atoms with E-state index in [1.54, 1.807) is 23.5 Å². The number of aryl methyl sites for hydroxylation is 1. The summed E-state index contributed by atoms with van der Waals surface area (Å²) in [4.78, 5) is 13.5. The van der Waals surface area contributed by atoms with E-state index in [0.717, 1.165) is 51.2 Å². The van der Waals surface area contributed by atoms with Gasteiger partial charge < -0.3 is 4.90 Å². The van der Waals surface area contributed by atoms with Crippen molar-refractivity contribution in [2.45, 2.75) is 31.1 Å².